The van der Waals surface area contributed by atoms with Crippen molar-refractivity contribution in [1.29, 1.82) is 0 Å². The van der Waals surface area contributed by atoms with Crippen LogP contribution in [0.4, 0.5) is 16.0 Å². The summed E-state index contributed by atoms with van der Waals surface area (Å²) < 4.78 is 13.1. The van der Waals surface area contributed by atoms with Gasteiger partial charge in [-0.1, -0.05) is 18.2 Å². The molecular formula is C28H34FN5O5. The predicted octanol–water partition coefficient (Wildman–Crippen LogP) is 3.38. The molecule has 2 unspecified atom stereocenters. The van der Waals surface area contributed by atoms with Crippen LogP contribution in [-0.2, 0) is 14.4 Å². The van der Waals surface area contributed by atoms with Gasteiger partial charge in [0, 0.05) is 57.0 Å². The number of anilines is 2. The number of para-hydroxylation sites is 1. The number of amides is 1. The van der Waals surface area contributed by atoms with Crippen LogP contribution in [0.1, 0.15) is 44.1 Å². The Bertz CT molecular complexity index is 1170. The van der Waals surface area contributed by atoms with E-state index in [1.54, 1.807) is 6.92 Å². The molecule has 2 aliphatic carbocycles. The van der Waals surface area contributed by atoms with Crippen LogP contribution >= 0.6 is 0 Å². The molecule has 1 aromatic carbocycles. The zero-order valence-electron chi connectivity index (χ0n) is 21.9. The van der Waals surface area contributed by atoms with Crippen molar-refractivity contribution in [2.75, 3.05) is 36.4 Å². The number of nitrogens with zero attached hydrogens (tertiary/aromatic N) is 4. The minimum Gasteiger partial charge on any atom is -0.478 e. The van der Waals surface area contributed by atoms with Crippen LogP contribution in [0.2, 0.25) is 0 Å². The second-order valence-corrected chi connectivity index (χ2v) is 10.3. The molecule has 0 spiro atoms. The lowest BCUT2D eigenvalue weighted by Gasteiger charge is -2.38. The molecule has 2 saturated carbocycles. The van der Waals surface area contributed by atoms with E-state index in [4.69, 9.17) is 10.2 Å². The number of benzene rings is 1. The molecule has 5 rings (SSSR count). The van der Waals surface area contributed by atoms with E-state index in [1.807, 2.05) is 12.1 Å². The van der Waals surface area contributed by atoms with E-state index in [-0.39, 0.29) is 5.91 Å². The number of nitrogens with one attached hydrogen (secondary N) is 1. The van der Waals surface area contributed by atoms with Gasteiger partial charge in [-0.05, 0) is 55.1 Å². The third-order valence-electron chi connectivity index (χ3n) is 7.79. The van der Waals surface area contributed by atoms with Gasteiger partial charge in [-0.25, -0.2) is 23.9 Å². The van der Waals surface area contributed by atoms with Crippen molar-refractivity contribution in [1.82, 2.24) is 14.9 Å². The van der Waals surface area contributed by atoms with Gasteiger partial charge in [0.2, 0.25) is 11.9 Å². The molecule has 2 heterocycles. The van der Waals surface area contributed by atoms with Crippen molar-refractivity contribution in [3.63, 3.8) is 0 Å². The van der Waals surface area contributed by atoms with Gasteiger partial charge in [0.15, 0.2) is 5.82 Å². The molecule has 39 heavy (non-hydrogen) atoms. The number of carboxylic acid groups (broad SMARTS) is 2. The predicted molar refractivity (Wildman–Crippen MR) is 143 cm³/mol. The maximum absolute atomic E-state index is 13.1. The van der Waals surface area contributed by atoms with E-state index in [2.05, 4.69) is 37.2 Å². The summed E-state index contributed by atoms with van der Waals surface area (Å²) >= 11 is 0. The highest BCUT2D eigenvalue weighted by Gasteiger charge is 2.44. The van der Waals surface area contributed by atoms with Crippen molar-refractivity contribution in [3.8, 4) is 0 Å². The first kappa shape index (κ1) is 28.2. The second kappa shape index (κ2) is 12.8. The van der Waals surface area contributed by atoms with E-state index in [9.17, 15) is 18.8 Å². The average Bonchev–Trinajstić information content (AvgIpc) is 3.48. The van der Waals surface area contributed by atoms with Crippen LogP contribution in [0, 0.1) is 17.7 Å². The molecule has 10 nitrogen and oxygen atoms in total. The first-order valence-electron chi connectivity index (χ1n) is 13.2. The largest absolute Gasteiger partial charge is 0.478 e. The maximum atomic E-state index is 13.1. The summed E-state index contributed by atoms with van der Waals surface area (Å²) in [4.78, 5) is 43.7. The number of halogens is 1. The summed E-state index contributed by atoms with van der Waals surface area (Å²) in [7, 11) is 0. The number of fused-ring (bicyclic) bond motifs is 1. The molecule has 4 atom stereocenters. The lowest BCUT2D eigenvalue weighted by atomic mass is 9.92. The molecule has 3 N–H and O–H groups in total. The zero-order valence-corrected chi connectivity index (χ0v) is 21.9. The van der Waals surface area contributed by atoms with Crippen LogP contribution in [-0.4, -0.2) is 75.1 Å². The topological polar surface area (TPSA) is 136 Å². The normalized spacial score (nSPS) is 24.6. The number of piperazine rings is 1. The molecule has 3 aliphatic rings. The first-order chi connectivity index (χ1) is 18.7. The van der Waals surface area contributed by atoms with Crippen molar-refractivity contribution in [3.05, 3.63) is 60.2 Å². The Morgan fingerprint density at radius 1 is 0.923 bits per heavy atom. The number of aromatic nitrogens is 2. The van der Waals surface area contributed by atoms with Crippen molar-refractivity contribution < 1.29 is 29.0 Å². The van der Waals surface area contributed by atoms with Crippen LogP contribution in [0.25, 0.3) is 0 Å². The lowest BCUT2D eigenvalue weighted by molar-refractivity contribution is -0.134. The van der Waals surface area contributed by atoms with Gasteiger partial charge >= 0.3 is 11.9 Å². The Balaban J connectivity index is 0.000000386. The fraction of sp³-hybridized carbons (Fsp3) is 0.464. The molecular weight excluding hydrogens is 505 g/mol. The Labute approximate surface area is 226 Å². The fourth-order valence-corrected chi connectivity index (χ4v) is 6.19. The number of carboxylic acids is 2. The van der Waals surface area contributed by atoms with E-state index in [0.29, 0.717) is 30.1 Å². The van der Waals surface area contributed by atoms with Crippen molar-refractivity contribution >= 4 is 29.5 Å². The van der Waals surface area contributed by atoms with Gasteiger partial charge in [-0.3, -0.25) is 9.69 Å². The van der Waals surface area contributed by atoms with Crippen LogP contribution in [0.3, 0.4) is 0 Å². The number of rotatable bonds is 6. The van der Waals surface area contributed by atoms with Gasteiger partial charge in [0.1, 0.15) is 0 Å². The minimum atomic E-state index is -1.26. The summed E-state index contributed by atoms with van der Waals surface area (Å²) in [5.41, 5.74) is 2.28. The summed E-state index contributed by atoms with van der Waals surface area (Å²) in [6.45, 7) is 5.39. The highest BCUT2D eigenvalue weighted by Crippen LogP contribution is 2.52. The van der Waals surface area contributed by atoms with Gasteiger partial charge < -0.3 is 20.4 Å². The first-order valence-corrected chi connectivity index (χ1v) is 13.2. The Morgan fingerprint density at radius 3 is 2.03 bits per heavy atom. The fourth-order valence-electron chi connectivity index (χ4n) is 6.19. The molecule has 208 valence electrons. The number of hydrogen-bond donors (Lipinski definition) is 3. The molecule has 0 radical (unpaired) electrons. The number of carbonyl (C=O) groups excluding carboxylic acids is 1. The summed E-state index contributed by atoms with van der Waals surface area (Å²) in [6, 6.07) is 8.96. The standard InChI is InChI=1S/C24H30FN5O.C4H4O4/c1-16(31)28-23-5-3-2-4-22(23)19-10-17-12-21(13-18(17)11-19)29-6-8-30(9-7-29)24-26-14-20(25)15-27-24;5-3(6)1-2-4(7)8/h2-5,14-15,17-19,21H,6-13H2,1H3,(H,28,31);1-2H,(H,5,6)(H,7,8)/b;2-1-/t17-,18+,19?,21?;. The van der Waals surface area contributed by atoms with E-state index in [0.717, 1.165) is 43.7 Å². The molecule has 2 aromatic rings. The molecule has 1 amide bonds. The van der Waals surface area contributed by atoms with Gasteiger partial charge in [-0.2, -0.15) is 0 Å². The minimum absolute atomic E-state index is 0.00381. The summed E-state index contributed by atoms with van der Waals surface area (Å²) in [5.74, 6) is -0.178. The van der Waals surface area contributed by atoms with E-state index < -0.39 is 17.8 Å². The molecule has 3 fully saturated rings. The number of aliphatic carboxylic acids is 2. The molecule has 0 bridgehead atoms. The lowest BCUT2D eigenvalue weighted by Crippen LogP contribution is -2.50. The third-order valence-corrected chi connectivity index (χ3v) is 7.79. The van der Waals surface area contributed by atoms with Gasteiger partial charge in [-0.15, -0.1) is 0 Å². The van der Waals surface area contributed by atoms with Crippen molar-refractivity contribution in [2.45, 2.75) is 44.6 Å². The molecule has 11 heteroatoms. The average molecular weight is 540 g/mol. The third kappa shape index (κ3) is 7.60. The van der Waals surface area contributed by atoms with Crippen LogP contribution < -0.4 is 10.2 Å². The Morgan fingerprint density at radius 2 is 1.49 bits per heavy atom. The number of hydrogen-bond acceptors (Lipinski definition) is 7. The summed E-state index contributed by atoms with van der Waals surface area (Å²) in [5, 5.41) is 18.6. The molecule has 1 aromatic heterocycles. The number of carbonyl (C=O) groups is 3. The SMILES string of the molecule is CC(=O)Nc1ccccc1C1C[C@@H]2CC(N3CCN(c4ncc(F)cn4)CC3)C[C@@H]2C1.O=C(O)/C=C\C(=O)O. The van der Waals surface area contributed by atoms with E-state index in [1.165, 1.54) is 43.6 Å². The van der Waals surface area contributed by atoms with Crippen molar-refractivity contribution in [2.24, 2.45) is 11.8 Å². The van der Waals surface area contributed by atoms with Gasteiger partial charge in [0.25, 0.3) is 0 Å². The summed E-state index contributed by atoms with van der Waals surface area (Å²) in [6.07, 6.45) is 8.60. The molecule has 1 saturated heterocycles. The van der Waals surface area contributed by atoms with E-state index >= 15 is 0 Å². The Hall–Kier alpha value is -3.86. The Kier molecular flexibility index (Phi) is 9.23. The van der Waals surface area contributed by atoms with Crippen LogP contribution in [0.15, 0.2) is 48.8 Å². The zero-order chi connectivity index (χ0) is 27.9. The highest BCUT2D eigenvalue weighted by molar-refractivity contribution is 5.90. The molecule has 1 aliphatic heterocycles. The quantitative estimate of drug-likeness (QED) is 0.472. The highest BCUT2D eigenvalue weighted by atomic mass is 19.1. The van der Waals surface area contributed by atoms with Crippen LogP contribution in [0.5, 0.6) is 0 Å². The smallest absolute Gasteiger partial charge is 0.328 e. The maximum Gasteiger partial charge on any atom is 0.328 e. The second-order valence-electron chi connectivity index (χ2n) is 10.3. The van der Waals surface area contributed by atoms with Gasteiger partial charge in [0.05, 0.1) is 12.4 Å². The monoisotopic (exact) mass is 539 g/mol.